The number of ketones is 1. The van der Waals surface area contributed by atoms with E-state index < -0.39 is 5.97 Å². The molecule has 0 aliphatic heterocycles. The zero-order valence-corrected chi connectivity index (χ0v) is 12.7. The molecule has 0 radical (unpaired) electrons. The van der Waals surface area contributed by atoms with Crippen molar-refractivity contribution in [1.82, 2.24) is 0 Å². The molecule has 6 heteroatoms. The molecule has 2 rings (SSSR count). The lowest BCUT2D eigenvalue weighted by Crippen LogP contribution is -2.12. The van der Waals surface area contributed by atoms with Crippen LogP contribution in [0, 0.1) is 0 Å². The van der Waals surface area contributed by atoms with Gasteiger partial charge in [0.2, 0.25) is 0 Å². The van der Waals surface area contributed by atoms with E-state index in [9.17, 15) is 14.7 Å². The smallest absolute Gasteiger partial charge is 0.308 e. The first-order valence-electron chi connectivity index (χ1n) is 6.81. The van der Waals surface area contributed by atoms with Gasteiger partial charge in [0, 0.05) is 18.6 Å². The molecule has 0 aromatic heterocycles. The molecule has 23 heavy (non-hydrogen) atoms. The highest BCUT2D eigenvalue weighted by Crippen LogP contribution is 2.28. The van der Waals surface area contributed by atoms with E-state index in [1.165, 1.54) is 44.4 Å². The van der Waals surface area contributed by atoms with Crippen LogP contribution >= 0.6 is 0 Å². The van der Waals surface area contributed by atoms with Crippen LogP contribution in [0.4, 0.5) is 0 Å². The van der Waals surface area contributed by atoms with Gasteiger partial charge in [-0.2, -0.15) is 0 Å². The minimum absolute atomic E-state index is 0.0577. The van der Waals surface area contributed by atoms with Gasteiger partial charge in [-0.1, -0.05) is 6.07 Å². The summed E-state index contributed by atoms with van der Waals surface area (Å²) in [6.45, 7) is 1.08. The number of methoxy groups -OCH3 is 1. The Labute approximate surface area is 133 Å². The predicted molar refractivity (Wildman–Crippen MR) is 82.2 cm³/mol. The van der Waals surface area contributed by atoms with Crippen molar-refractivity contribution in [2.45, 2.75) is 6.92 Å². The summed E-state index contributed by atoms with van der Waals surface area (Å²) in [7, 11) is 1.42. The molecule has 0 spiro atoms. The van der Waals surface area contributed by atoms with Crippen molar-refractivity contribution in [2.75, 3.05) is 13.7 Å². The summed E-state index contributed by atoms with van der Waals surface area (Å²) in [4.78, 5) is 23.2. The average Bonchev–Trinajstić information content (AvgIpc) is 2.52. The van der Waals surface area contributed by atoms with Crippen molar-refractivity contribution >= 4 is 11.8 Å². The van der Waals surface area contributed by atoms with Crippen molar-refractivity contribution in [3.05, 3.63) is 48.0 Å². The number of Topliss-reactive ketones (excluding diaryl/α,β-unsaturated/α-hetero) is 1. The second-order valence-electron chi connectivity index (χ2n) is 4.67. The first kappa shape index (κ1) is 16.4. The lowest BCUT2D eigenvalue weighted by molar-refractivity contribution is -0.132. The summed E-state index contributed by atoms with van der Waals surface area (Å²) < 4.78 is 15.4. The Kier molecular flexibility index (Phi) is 5.19. The van der Waals surface area contributed by atoms with E-state index in [1.807, 2.05) is 0 Å². The number of esters is 1. The van der Waals surface area contributed by atoms with Gasteiger partial charge in [0.15, 0.2) is 23.9 Å². The summed E-state index contributed by atoms with van der Waals surface area (Å²) in [5, 5.41) is 9.34. The van der Waals surface area contributed by atoms with Crippen LogP contribution in [0.5, 0.6) is 23.0 Å². The molecule has 2 aromatic carbocycles. The van der Waals surface area contributed by atoms with Crippen molar-refractivity contribution in [3.63, 3.8) is 0 Å². The minimum Gasteiger partial charge on any atom is -0.508 e. The fourth-order valence-electron chi connectivity index (χ4n) is 1.89. The highest BCUT2D eigenvalue weighted by atomic mass is 16.6. The van der Waals surface area contributed by atoms with E-state index in [0.29, 0.717) is 11.3 Å². The summed E-state index contributed by atoms with van der Waals surface area (Å²) in [5.41, 5.74) is 0.359. The summed E-state index contributed by atoms with van der Waals surface area (Å²) in [6, 6.07) is 10.7. The molecule has 0 atom stereocenters. The summed E-state index contributed by atoms with van der Waals surface area (Å²) in [5.74, 6) is 0.216. The first-order valence-corrected chi connectivity index (χ1v) is 6.81. The summed E-state index contributed by atoms with van der Waals surface area (Å²) >= 11 is 0. The molecule has 2 aromatic rings. The van der Waals surface area contributed by atoms with Gasteiger partial charge in [0.1, 0.15) is 11.5 Å². The number of ether oxygens (including phenoxy) is 3. The fraction of sp³-hybridized carbons (Fsp3) is 0.176. The number of carbonyl (C=O) groups excluding carboxylic acids is 2. The Morgan fingerprint density at radius 2 is 1.87 bits per heavy atom. The van der Waals surface area contributed by atoms with Crippen molar-refractivity contribution < 1.29 is 28.9 Å². The van der Waals surface area contributed by atoms with Gasteiger partial charge in [0.25, 0.3) is 0 Å². The molecule has 0 amide bonds. The largest absolute Gasteiger partial charge is 0.508 e. The number of hydrogen-bond donors (Lipinski definition) is 1. The molecule has 0 heterocycles. The number of aromatic hydroxyl groups is 1. The highest BCUT2D eigenvalue weighted by molar-refractivity contribution is 5.98. The number of carbonyl (C=O) groups is 2. The van der Waals surface area contributed by atoms with Crippen LogP contribution < -0.4 is 14.2 Å². The molecule has 0 fully saturated rings. The predicted octanol–water partition coefficient (Wildman–Crippen LogP) is 2.59. The summed E-state index contributed by atoms with van der Waals surface area (Å²) in [6.07, 6.45) is 0. The quantitative estimate of drug-likeness (QED) is 0.501. The highest BCUT2D eigenvalue weighted by Gasteiger charge is 2.13. The third-order valence-corrected chi connectivity index (χ3v) is 2.93. The second kappa shape index (κ2) is 7.31. The second-order valence-corrected chi connectivity index (χ2v) is 4.67. The van der Waals surface area contributed by atoms with Crippen LogP contribution in [0.3, 0.4) is 0 Å². The number of hydrogen-bond acceptors (Lipinski definition) is 6. The van der Waals surface area contributed by atoms with E-state index in [-0.39, 0.29) is 29.6 Å². The third-order valence-electron chi connectivity index (χ3n) is 2.93. The van der Waals surface area contributed by atoms with E-state index in [1.54, 1.807) is 12.1 Å². The maximum atomic E-state index is 12.2. The van der Waals surface area contributed by atoms with Crippen molar-refractivity contribution in [2.24, 2.45) is 0 Å². The Hall–Kier alpha value is -3.02. The number of benzene rings is 2. The standard InChI is InChI=1S/C17H16O6/c1-11(18)23-16-7-6-12(8-17(16)21-2)15(20)10-22-14-5-3-4-13(19)9-14/h3-9,19H,10H2,1-2H3. The number of phenols is 1. The first-order chi connectivity index (χ1) is 11.0. The molecule has 0 saturated heterocycles. The van der Waals surface area contributed by atoms with Gasteiger partial charge < -0.3 is 19.3 Å². The Morgan fingerprint density at radius 3 is 2.52 bits per heavy atom. The van der Waals surface area contributed by atoms with Crippen LogP contribution in [0.15, 0.2) is 42.5 Å². The maximum absolute atomic E-state index is 12.2. The fourth-order valence-corrected chi connectivity index (χ4v) is 1.89. The molecular formula is C17H16O6. The molecule has 0 unspecified atom stereocenters. The van der Waals surface area contributed by atoms with Crippen LogP contribution in [0.1, 0.15) is 17.3 Å². The van der Waals surface area contributed by atoms with E-state index >= 15 is 0 Å². The molecule has 0 saturated carbocycles. The monoisotopic (exact) mass is 316 g/mol. The van der Waals surface area contributed by atoms with Crippen LogP contribution in [-0.2, 0) is 4.79 Å². The molecule has 0 aliphatic rings. The molecule has 6 nitrogen and oxygen atoms in total. The Bertz CT molecular complexity index is 723. The lowest BCUT2D eigenvalue weighted by atomic mass is 10.1. The molecule has 120 valence electrons. The van der Waals surface area contributed by atoms with Gasteiger partial charge in [-0.25, -0.2) is 0 Å². The molecular weight excluding hydrogens is 300 g/mol. The minimum atomic E-state index is -0.477. The Morgan fingerprint density at radius 1 is 1.09 bits per heavy atom. The zero-order valence-electron chi connectivity index (χ0n) is 12.7. The Balaban J connectivity index is 2.08. The molecule has 1 N–H and O–H groups in total. The SMILES string of the molecule is COc1cc(C(=O)COc2cccc(O)c2)ccc1OC(C)=O. The van der Waals surface area contributed by atoms with Gasteiger partial charge >= 0.3 is 5.97 Å². The van der Waals surface area contributed by atoms with Crippen LogP contribution in [-0.4, -0.2) is 30.6 Å². The molecule has 0 bridgehead atoms. The third kappa shape index (κ3) is 4.47. The van der Waals surface area contributed by atoms with Gasteiger partial charge in [-0.15, -0.1) is 0 Å². The van der Waals surface area contributed by atoms with E-state index in [2.05, 4.69) is 0 Å². The normalized spacial score (nSPS) is 10.0. The van der Waals surface area contributed by atoms with E-state index in [4.69, 9.17) is 14.2 Å². The maximum Gasteiger partial charge on any atom is 0.308 e. The van der Waals surface area contributed by atoms with Crippen LogP contribution in [0.2, 0.25) is 0 Å². The molecule has 0 aliphatic carbocycles. The van der Waals surface area contributed by atoms with Crippen molar-refractivity contribution in [1.29, 1.82) is 0 Å². The topological polar surface area (TPSA) is 82.1 Å². The van der Waals surface area contributed by atoms with Crippen LogP contribution in [0.25, 0.3) is 0 Å². The zero-order chi connectivity index (χ0) is 16.8. The average molecular weight is 316 g/mol. The van der Waals surface area contributed by atoms with Gasteiger partial charge in [-0.3, -0.25) is 9.59 Å². The van der Waals surface area contributed by atoms with Crippen molar-refractivity contribution in [3.8, 4) is 23.0 Å². The number of rotatable bonds is 6. The van der Waals surface area contributed by atoms with Gasteiger partial charge in [-0.05, 0) is 30.3 Å². The lowest BCUT2D eigenvalue weighted by Gasteiger charge is -2.10. The van der Waals surface area contributed by atoms with E-state index in [0.717, 1.165) is 0 Å². The van der Waals surface area contributed by atoms with Gasteiger partial charge in [0.05, 0.1) is 7.11 Å². The number of phenolic OH excluding ortho intramolecular Hbond substituents is 1.